The van der Waals surface area contributed by atoms with Crippen LogP contribution in [0.4, 0.5) is 0 Å². The van der Waals surface area contributed by atoms with Crippen molar-refractivity contribution in [1.29, 1.82) is 0 Å². The molecule has 1 saturated carbocycles. The Hall–Kier alpha value is -0.860. The van der Waals surface area contributed by atoms with Gasteiger partial charge >= 0.3 is 0 Å². The number of nitrogens with zero attached hydrogens (tertiary/aromatic N) is 1. The van der Waals surface area contributed by atoms with E-state index in [0.717, 1.165) is 5.92 Å². The Kier molecular flexibility index (Phi) is 5.10. The molecular formula is C18H28N2. The van der Waals surface area contributed by atoms with E-state index in [9.17, 15) is 0 Å². The SMILES string of the molecule is c1ccc(CC2CN(CCC3CCC3)CCCN2)cc1. The fourth-order valence-electron chi connectivity index (χ4n) is 3.46. The lowest BCUT2D eigenvalue weighted by molar-refractivity contribution is 0.210. The fourth-order valence-corrected chi connectivity index (χ4v) is 3.46. The van der Waals surface area contributed by atoms with E-state index in [1.807, 2.05) is 0 Å². The summed E-state index contributed by atoms with van der Waals surface area (Å²) in [7, 11) is 0. The maximum atomic E-state index is 3.73. The molecule has 1 unspecified atom stereocenters. The molecule has 0 bridgehead atoms. The molecule has 110 valence electrons. The molecule has 1 aliphatic carbocycles. The molecule has 3 rings (SSSR count). The molecule has 1 atom stereocenters. The van der Waals surface area contributed by atoms with Gasteiger partial charge in [-0.1, -0.05) is 49.6 Å². The standard InChI is InChI=1S/C18H28N2/c1-2-6-17(7-3-1)14-18-15-20(12-5-11-19-18)13-10-16-8-4-9-16/h1-3,6-7,16,18-19H,4-5,8-15H2. The molecule has 0 radical (unpaired) electrons. The molecule has 0 amide bonds. The lowest BCUT2D eigenvalue weighted by Crippen LogP contribution is -2.40. The molecule has 20 heavy (non-hydrogen) atoms. The Bertz CT molecular complexity index is 386. The van der Waals surface area contributed by atoms with Crippen LogP contribution in [0.3, 0.4) is 0 Å². The van der Waals surface area contributed by atoms with Gasteiger partial charge < -0.3 is 10.2 Å². The van der Waals surface area contributed by atoms with Crippen molar-refractivity contribution in [2.45, 2.75) is 44.6 Å². The van der Waals surface area contributed by atoms with Crippen molar-refractivity contribution in [2.75, 3.05) is 26.2 Å². The molecule has 0 aromatic heterocycles. The van der Waals surface area contributed by atoms with Crippen molar-refractivity contribution < 1.29 is 0 Å². The average Bonchev–Trinajstić information content (AvgIpc) is 2.64. The van der Waals surface area contributed by atoms with Crippen LogP contribution in [-0.4, -0.2) is 37.1 Å². The molecule has 2 heteroatoms. The summed E-state index contributed by atoms with van der Waals surface area (Å²) in [5, 5.41) is 3.73. The highest BCUT2D eigenvalue weighted by atomic mass is 15.2. The highest BCUT2D eigenvalue weighted by Crippen LogP contribution is 2.29. The van der Waals surface area contributed by atoms with E-state index in [2.05, 4.69) is 40.5 Å². The number of rotatable bonds is 5. The van der Waals surface area contributed by atoms with Gasteiger partial charge in [-0.3, -0.25) is 0 Å². The second-order valence-corrected chi connectivity index (χ2v) is 6.58. The lowest BCUT2D eigenvalue weighted by Gasteiger charge is -2.30. The van der Waals surface area contributed by atoms with Crippen LogP contribution in [-0.2, 0) is 6.42 Å². The van der Waals surface area contributed by atoms with Crippen molar-refractivity contribution in [1.82, 2.24) is 10.2 Å². The van der Waals surface area contributed by atoms with Crippen molar-refractivity contribution in [3.05, 3.63) is 35.9 Å². The van der Waals surface area contributed by atoms with Gasteiger partial charge in [0.2, 0.25) is 0 Å². The summed E-state index contributed by atoms with van der Waals surface area (Å²) in [5.41, 5.74) is 1.46. The van der Waals surface area contributed by atoms with Crippen molar-refractivity contribution in [2.24, 2.45) is 5.92 Å². The van der Waals surface area contributed by atoms with E-state index in [4.69, 9.17) is 0 Å². The molecule has 1 aromatic carbocycles. The van der Waals surface area contributed by atoms with E-state index in [0.29, 0.717) is 6.04 Å². The zero-order chi connectivity index (χ0) is 13.6. The van der Waals surface area contributed by atoms with E-state index in [-0.39, 0.29) is 0 Å². The molecule has 0 spiro atoms. The largest absolute Gasteiger partial charge is 0.312 e. The molecule has 1 aliphatic heterocycles. The molecule has 2 fully saturated rings. The van der Waals surface area contributed by atoms with Crippen LogP contribution in [0, 0.1) is 5.92 Å². The zero-order valence-corrected chi connectivity index (χ0v) is 12.6. The highest BCUT2D eigenvalue weighted by molar-refractivity contribution is 5.16. The molecule has 2 aliphatic rings. The predicted molar refractivity (Wildman–Crippen MR) is 85.0 cm³/mol. The maximum absolute atomic E-state index is 3.73. The number of hydrogen-bond acceptors (Lipinski definition) is 2. The van der Waals surface area contributed by atoms with Gasteiger partial charge in [0.25, 0.3) is 0 Å². The average molecular weight is 272 g/mol. The van der Waals surface area contributed by atoms with Gasteiger partial charge in [-0.2, -0.15) is 0 Å². The monoisotopic (exact) mass is 272 g/mol. The molecule has 1 aromatic rings. The summed E-state index contributed by atoms with van der Waals surface area (Å²) in [4.78, 5) is 2.70. The fraction of sp³-hybridized carbons (Fsp3) is 0.667. The maximum Gasteiger partial charge on any atom is 0.0235 e. The minimum absolute atomic E-state index is 0.626. The Morgan fingerprint density at radius 2 is 1.95 bits per heavy atom. The molecule has 1 saturated heterocycles. The van der Waals surface area contributed by atoms with Crippen LogP contribution in [0.1, 0.15) is 37.7 Å². The van der Waals surface area contributed by atoms with Crippen molar-refractivity contribution >= 4 is 0 Å². The van der Waals surface area contributed by atoms with Gasteiger partial charge in [-0.25, -0.2) is 0 Å². The van der Waals surface area contributed by atoms with Crippen LogP contribution in [0.15, 0.2) is 30.3 Å². The first-order chi connectivity index (χ1) is 9.90. The number of benzene rings is 1. The number of hydrogen-bond donors (Lipinski definition) is 1. The molecule has 1 N–H and O–H groups in total. The summed E-state index contributed by atoms with van der Waals surface area (Å²) < 4.78 is 0. The first kappa shape index (κ1) is 14.1. The van der Waals surface area contributed by atoms with Gasteiger partial charge in [0.15, 0.2) is 0 Å². The van der Waals surface area contributed by atoms with Crippen LogP contribution >= 0.6 is 0 Å². The quantitative estimate of drug-likeness (QED) is 0.886. The molecular weight excluding hydrogens is 244 g/mol. The van der Waals surface area contributed by atoms with E-state index < -0.39 is 0 Å². The van der Waals surface area contributed by atoms with Crippen molar-refractivity contribution in [3.8, 4) is 0 Å². The van der Waals surface area contributed by atoms with Crippen LogP contribution in [0.25, 0.3) is 0 Å². The summed E-state index contributed by atoms with van der Waals surface area (Å²) in [6, 6.07) is 11.5. The van der Waals surface area contributed by atoms with E-state index >= 15 is 0 Å². The second-order valence-electron chi connectivity index (χ2n) is 6.58. The topological polar surface area (TPSA) is 15.3 Å². The first-order valence-corrected chi connectivity index (χ1v) is 8.40. The first-order valence-electron chi connectivity index (χ1n) is 8.40. The summed E-state index contributed by atoms with van der Waals surface area (Å²) >= 11 is 0. The van der Waals surface area contributed by atoms with E-state index in [1.54, 1.807) is 0 Å². The third-order valence-corrected chi connectivity index (χ3v) is 4.97. The summed E-state index contributed by atoms with van der Waals surface area (Å²) in [6.45, 7) is 5.00. The molecule has 2 nitrogen and oxygen atoms in total. The van der Waals surface area contributed by atoms with Crippen LogP contribution in [0.5, 0.6) is 0 Å². The van der Waals surface area contributed by atoms with Gasteiger partial charge in [-0.05, 0) is 50.4 Å². The van der Waals surface area contributed by atoms with Gasteiger partial charge in [0.1, 0.15) is 0 Å². The van der Waals surface area contributed by atoms with Gasteiger partial charge in [0, 0.05) is 12.6 Å². The third kappa shape index (κ3) is 4.07. The highest BCUT2D eigenvalue weighted by Gasteiger charge is 2.21. The minimum atomic E-state index is 0.626. The number of nitrogens with one attached hydrogen (secondary N) is 1. The van der Waals surface area contributed by atoms with Crippen LogP contribution in [0.2, 0.25) is 0 Å². The predicted octanol–water partition coefficient (Wildman–Crippen LogP) is 3.08. The summed E-state index contributed by atoms with van der Waals surface area (Å²) in [5.74, 6) is 1.04. The lowest BCUT2D eigenvalue weighted by atomic mass is 9.83. The Labute approximate surface area is 123 Å². The Balaban J connectivity index is 1.49. The van der Waals surface area contributed by atoms with Gasteiger partial charge in [-0.15, -0.1) is 0 Å². The van der Waals surface area contributed by atoms with E-state index in [1.165, 1.54) is 70.3 Å². The molecule has 1 heterocycles. The third-order valence-electron chi connectivity index (χ3n) is 4.97. The van der Waals surface area contributed by atoms with Crippen molar-refractivity contribution in [3.63, 3.8) is 0 Å². The normalized spacial score (nSPS) is 25.1. The Morgan fingerprint density at radius 1 is 1.10 bits per heavy atom. The minimum Gasteiger partial charge on any atom is -0.312 e. The van der Waals surface area contributed by atoms with Gasteiger partial charge in [0.05, 0.1) is 0 Å². The summed E-state index contributed by atoms with van der Waals surface area (Å²) in [6.07, 6.45) is 8.34. The second kappa shape index (κ2) is 7.24. The Morgan fingerprint density at radius 3 is 2.70 bits per heavy atom. The smallest absolute Gasteiger partial charge is 0.0235 e. The zero-order valence-electron chi connectivity index (χ0n) is 12.6. The van der Waals surface area contributed by atoms with Crippen LogP contribution < -0.4 is 5.32 Å².